The van der Waals surface area contributed by atoms with Crippen molar-refractivity contribution in [2.45, 2.75) is 26.7 Å². The molecular weight excluding hydrogens is 278 g/mol. The zero-order valence-electron chi connectivity index (χ0n) is 11.9. The van der Waals surface area contributed by atoms with E-state index >= 15 is 0 Å². The molecule has 0 aliphatic rings. The van der Waals surface area contributed by atoms with E-state index in [0.29, 0.717) is 6.42 Å². The Kier molecular flexibility index (Phi) is 5.40. The molecule has 1 atom stereocenters. The highest BCUT2D eigenvalue weighted by molar-refractivity contribution is 5.98. The Bertz CT molecular complexity index is 539. The molecule has 0 radical (unpaired) electrons. The molecule has 0 spiro atoms. The van der Waals surface area contributed by atoms with Gasteiger partial charge < -0.3 is 9.84 Å². The Morgan fingerprint density at radius 3 is 2.33 bits per heavy atom. The Morgan fingerprint density at radius 1 is 1.33 bits per heavy atom. The van der Waals surface area contributed by atoms with E-state index in [4.69, 9.17) is 4.74 Å². The SMILES string of the molecule is CCOC(=O)C(C)(CCc1ccc([N+](=O)[O-])cc1)C(=O)O. The number of nitrogens with zero attached hydrogens (tertiary/aromatic N) is 1. The van der Waals surface area contributed by atoms with Gasteiger partial charge in [0.25, 0.3) is 5.69 Å². The fourth-order valence-corrected chi connectivity index (χ4v) is 1.77. The Balaban J connectivity index is 2.80. The van der Waals surface area contributed by atoms with Gasteiger partial charge in [0.1, 0.15) is 0 Å². The molecule has 0 aliphatic heterocycles. The Morgan fingerprint density at radius 2 is 1.90 bits per heavy atom. The number of esters is 1. The topological polar surface area (TPSA) is 107 Å². The second-order valence-electron chi connectivity index (χ2n) is 4.78. The van der Waals surface area contributed by atoms with E-state index in [1.807, 2.05) is 0 Å². The number of nitro benzene ring substituents is 1. The van der Waals surface area contributed by atoms with Gasteiger partial charge in [-0.1, -0.05) is 12.1 Å². The van der Waals surface area contributed by atoms with Gasteiger partial charge in [-0.3, -0.25) is 19.7 Å². The van der Waals surface area contributed by atoms with E-state index in [2.05, 4.69) is 0 Å². The van der Waals surface area contributed by atoms with Gasteiger partial charge in [-0.05, 0) is 32.3 Å². The van der Waals surface area contributed by atoms with Crippen LogP contribution in [-0.2, 0) is 20.7 Å². The molecule has 1 aromatic carbocycles. The molecule has 0 saturated heterocycles. The molecule has 0 fully saturated rings. The highest BCUT2D eigenvalue weighted by Gasteiger charge is 2.42. The van der Waals surface area contributed by atoms with Crippen molar-refractivity contribution in [2.75, 3.05) is 6.61 Å². The maximum Gasteiger partial charge on any atom is 0.323 e. The molecule has 1 N–H and O–H groups in total. The Hall–Kier alpha value is -2.44. The second-order valence-corrected chi connectivity index (χ2v) is 4.78. The number of ether oxygens (including phenoxy) is 1. The van der Waals surface area contributed by atoms with Gasteiger partial charge in [0, 0.05) is 12.1 Å². The number of benzene rings is 1. The maximum absolute atomic E-state index is 11.8. The zero-order valence-corrected chi connectivity index (χ0v) is 11.9. The van der Waals surface area contributed by atoms with Crippen LogP contribution in [0, 0.1) is 15.5 Å². The van der Waals surface area contributed by atoms with Gasteiger partial charge in [0.2, 0.25) is 0 Å². The lowest BCUT2D eigenvalue weighted by molar-refractivity contribution is -0.384. The third kappa shape index (κ3) is 4.01. The predicted molar refractivity (Wildman–Crippen MR) is 73.8 cm³/mol. The summed E-state index contributed by atoms with van der Waals surface area (Å²) in [5.41, 5.74) is -0.944. The van der Waals surface area contributed by atoms with Crippen molar-refractivity contribution in [3.8, 4) is 0 Å². The summed E-state index contributed by atoms with van der Waals surface area (Å²) in [6.07, 6.45) is 0.360. The minimum Gasteiger partial charge on any atom is -0.480 e. The van der Waals surface area contributed by atoms with E-state index in [1.54, 1.807) is 19.1 Å². The van der Waals surface area contributed by atoms with Crippen LogP contribution in [0.4, 0.5) is 5.69 Å². The molecule has 1 rings (SSSR count). The lowest BCUT2D eigenvalue weighted by Crippen LogP contribution is -2.38. The zero-order chi connectivity index (χ0) is 16.0. The van der Waals surface area contributed by atoms with Crippen LogP contribution in [0.2, 0.25) is 0 Å². The lowest BCUT2D eigenvalue weighted by atomic mass is 9.84. The number of non-ortho nitro benzene ring substituents is 1. The van der Waals surface area contributed by atoms with Gasteiger partial charge in [-0.15, -0.1) is 0 Å². The van der Waals surface area contributed by atoms with Gasteiger partial charge >= 0.3 is 11.9 Å². The third-order valence-electron chi connectivity index (χ3n) is 3.26. The van der Waals surface area contributed by atoms with Crippen molar-refractivity contribution < 1.29 is 24.4 Å². The van der Waals surface area contributed by atoms with Gasteiger partial charge in [0.05, 0.1) is 11.5 Å². The van der Waals surface area contributed by atoms with Crippen LogP contribution < -0.4 is 0 Å². The average molecular weight is 295 g/mol. The Labute approximate surface area is 121 Å². The summed E-state index contributed by atoms with van der Waals surface area (Å²) >= 11 is 0. The van der Waals surface area contributed by atoms with Crippen LogP contribution in [-0.4, -0.2) is 28.6 Å². The van der Waals surface area contributed by atoms with Gasteiger partial charge in [0.15, 0.2) is 5.41 Å². The monoisotopic (exact) mass is 295 g/mol. The van der Waals surface area contributed by atoms with Crippen molar-refractivity contribution in [1.29, 1.82) is 0 Å². The predicted octanol–water partition coefficient (Wildman–Crippen LogP) is 2.18. The second kappa shape index (κ2) is 6.83. The summed E-state index contributed by atoms with van der Waals surface area (Å²) in [6, 6.07) is 5.78. The molecule has 114 valence electrons. The van der Waals surface area contributed by atoms with E-state index in [0.717, 1.165) is 5.56 Å². The van der Waals surface area contributed by atoms with Gasteiger partial charge in [-0.2, -0.15) is 0 Å². The summed E-state index contributed by atoms with van der Waals surface area (Å²) in [5.74, 6) is -2.03. The first-order valence-corrected chi connectivity index (χ1v) is 6.45. The molecule has 0 aromatic heterocycles. The molecule has 1 unspecified atom stereocenters. The molecule has 0 saturated carbocycles. The number of aryl methyl sites for hydroxylation is 1. The highest BCUT2D eigenvalue weighted by atomic mass is 16.6. The van der Waals surface area contributed by atoms with Crippen LogP contribution in [0.25, 0.3) is 0 Å². The smallest absolute Gasteiger partial charge is 0.323 e. The molecule has 0 heterocycles. The first-order valence-electron chi connectivity index (χ1n) is 6.45. The number of hydrogen-bond acceptors (Lipinski definition) is 5. The van der Waals surface area contributed by atoms with Crippen LogP contribution in [0.3, 0.4) is 0 Å². The number of carboxylic acid groups (broad SMARTS) is 1. The fourth-order valence-electron chi connectivity index (χ4n) is 1.77. The van der Waals surface area contributed by atoms with Crippen LogP contribution in [0.1, 0.15) is 25.8 Å². The van der Waals surface area contributed by atoms with E-state index in [9.17, 15) is 24.8 Å². The molecule has 0 bridgehead atoms. The normalized spacial score (nSPS) is 13.2. The molecule has 0 amide bonds. The minimum absolute atomic E-state index is 0.0369. The van der Waals surface area contributed by atoms with Crippen molar-refractivity contribution in [3.63, 3.8) is 0 Å². The standard InChI is InChI=1S/C14H17NO6/c1-3-21-13(18)14(2,12(16)17)9-8-10-4-6-11(7-5-10)15(19)20/h4-7H,3,8-9H2,1-2H3,(H,16,17). The highest BCUT2D eigenvalue weighted by Crippen LogP contribution is 2.26. The van der Waals surface area contributed by atoms with E-state index in [-0.39, 0.29) is 18.7 Å². The first-order chi connectivity index (χ1) is 9.81. The number of carbonyl (C=O) groups excluding carboxylic acids is 1. The lowest BCUT2D eigenvalue weighted by Gasteiger charge is -2.22. The molecule has 21 heavy (non-hydrogen) atoms. The number of hydrogen-bond donors (Lipinski definition) is 1. The van der Waals surface area contributed by atoms with Crippen LogP contribution in [0.5, 0.6) is 0 Å². The molecular formula is C14H17NO6. The first kappa shape index (κ1) is 16.6. The maximum atomic E-state index is 11.8. The summed E-state index contributed by atoms with van der Waals surface area (Å²) in [6.45, 7) is 3.04. The molecule has 0 aliphatic carbocycles. The van der Waals surface area contributed by atoms with Crippen LogP contribution >= 0.6 is 0 Å². The van der Waals surface area contributed by atoms with Crippen molar-refractivity contribution in [3.05, 3.63) is 39.9 Å². The molecule has 1 aromatic rings. The van der Waals surface area contributed by atoms with E-state index in [1.165, 1.54) is 19.1 Å². The van der Waals surface area contributed by atoms with E-state index < -0.39 is 22.3 Å². The minimum atomic E-state index is -1.63. The number of carbonyl (C=O) groups is 2. The molecule has 7 nitrogen and oxygen atoms in total. The summed E-state index contributed by atoms with van der Waals surface area (Å²) in [7, 11) is 0. The summed E-state index contributed by atoms with van der Waals surface area (Å²) in [5, 5.41) is 19.8. The van der Waals surface area contributed by atoms with Crippen molar-refractivity contribution >= 4 is 17.6 Å². The largest absolute Gasteiger partial charge is 0.480 e. The number of nitro groups is 1. The number of aliphatic carboxylic acids is 1. The average Bonchev–Trinajstić information content (AvgIpc) is 2.45. The fraction of sp³-hybridized carbons (Fsp3) is 0.429. The number of rotatable bonds is 7. The number of carboxylic acids is 1. The van der Waals surface area contributed by atoms with Gasteiger partial charge in [-0.25, -0.2) is 0 Å². The van der Waals surface area contributed by atoms with Crippen molar-refractivity contribution in [1.82, 2.24) is 0 Å². The molecule has 7 heteroatoms. The van der Waals surface area contributed by atoms with Crippen molar-refractivity contribution in [2.24, 2.45) is 5.41 Å². The van der Waals surface area contributed by atoms with Crippen LogP contribution in [0.15, 0.2) is 24.3 Å². The summed E-state index contributed by atoms with van der Waals surface area (Å²) in [4.78, 5) is 33.1. The third-order valence-corrected chi connectivity index (χ3v) is 3.26. The quantitative estimate of drug-likeness (QED) is 0.357. The summed E-state index contributed by atoms with van der Waals surface area (Å²) < 4.78 is 4.80.